The van der Waals surface area contributed by atoms with Crippen molar-refractivity contribution in [3.8, 4) is 5.75 Å². The van der Waals surface area contributed by atoms with Gasteiger partial charge < -0.3 is 9.64 Å². The summed E-state index contributed by atoms with van der Waals surface area (Å²) in [6.07, 6.45) is 0. The van der Waals surface area contributed by atoms with E-state index in [1.807, 2.05) is 20.8 Å². The van der Waals surface area contributed by atoms with E-state index in [1.54, 1.807) is 4.90 Å². The third-order valence-electron chi connectivity index (χ3n) is 2.62. The first-order valence-corrected chi connectivity index (χ1v) is 5.65. The average molecular weight is 243 g/mol. The van der Waals surface area contributed by atoms with Crippen molar-refractivity contribution < 1.29 is 13.9 Å². The molecule has 0 aliphatic carbocycles. The van der Waals surface area contributed by atoms with Gasteiger partial charge in [0.1, 0.15) is 11.6 Å². The third-order valence-corrected chi connectivity index (χ3v) is 2.62. The molecule has 0 aromatic heterocycles. The van der Waals surface area contributed by atoms with E-state index in [-0.39, 0.29) is 17.5 Å². The second-order valence-electron chi connectivity index (χ2n) is 4.03. The van der Waals surface area contributed by atoms with Crippen LogP contribution in [0.15, 0.2) is 18.2 Å². The van der Waals surface area contributed by atoms with Crippen LogP contribution in [-0.4, -0.2) is 30.5 Å². The number of methoxy groups -OCH3 is 1. The van der Waals surface area contributed by atoms with Gasteiger partial charge in [-0.2, -0.15) is 0 Å². The minimum absolute atomic E-state index is 0.0699. The molecule has 0 saturated carbocycles. The molecule has 0 N–H and O–H groups in total. The molecule has 1 amide bonds. The predicted octanol–water partition coefficient (Wildman–Crippen LogP) is 2.70. The molecule has 0 bridgehead atoms. The summed E-state index contributed by atoms with van der Waals surface area (Å²) in [5.74, 6) is -0.247. The van der Waals surface area contributed by atoms with Crippen molar-refractivity contribution in [1.29, 1.82) is 0 Å². The number of rotatable bonds is 4. The molecule has 0 spiro atoms. The van der Waals surface area contributed by atoms with Crippen molar-refractivity contribution in [3.05, 3.63) is 29.6 Å². The first-order chi connectivity index (χ1) is 8.01. The maximum absolute atomic E-state index is 13.2. The zero-order valence-electron chi connectivity index (χ0n) is 10.7. The number of ether oxygens (including phenoxy) is 1. The normalized spacial score (nSPS) is 12.1. The van der Waals surface area contributed by atoms with Crippen molar-refractivity contribution >= 4 is 5.91 Å². The minimum Gasteiger partial charge on any atom is -0.496 e. The van der Waals surface area contributed by atoms with Gasteiger partial charge in [0.05, 0.1) is 12.7 Å². The number of carbonyl (C=O) groups excluding carboxylic acids is 1. The average Bonchev–Trinajstić information content (AvgIpc) is 2.29. The SMILES string of the molecule is COc1ccc(F)cc1C(=O)N([13CH2][13CH3])[13CH](C)[13CH3]. The number of hydrogen-bond donors (Lipinski definition) is 0. The molecule has 0 radical (unpaired) electrons. The second kappa shape index (κ2) is 5.66. The number of amides is 1. The lowest BCUT2D eigenvalue weighted by Gasteiger charge is -2.25. The fourth-order valence-corrected chi connectivity index (χ4v) is 1.75. The number of benzene rings is 1. The van der Waals surface area contributed by atoms with Crippen molar-refractivity contribution in [2.75, 3.05) is 13.7 Å². The number of nitrogens with zero attached hydrogens (tertiary/aromatic N) is 1. The van der Waals surface area contributed by atoms with Crippen LogP contribution in [0, 0.1) is 5.82 Å². The lowest BCUT2D eigenvalue weighted by atomic mass is 10.2. The molecule has 0 aliphatic rings. The molecule has 1 unspecified atom stereocenters. The summed E-state index contributed by atoms with van der Waals surface area (Å²) in [5, 5.41) is 0. The van der Waals surface area contributed by atoms with Gasteiger partial charge in [-0.25, -0.2) is 4.39 Å². The molecule has 0 fully saturated rings. The molecule has 0 aliphatic heterocycles. The van der Waals surface area contributed by atoms with E-state index in [9.17, 15) is 9.18 Å². The van der Waals surface area contributed by atoms with Crippen LogP contribution in [0.1, 0.15) is 31.1 Å². The first kappa shape index (κ1) is 13.5. The fraction of sp³-hybridized carbons (Fsp3) is 0.462. The topological polar surface area (TPSA) is 29.5 Å². The van der Waals surface area contributed by atoms with Crippen LogP contribution in [0.2, 0.25) is 0 Å². The Morgan fingerprint density at radius 1 is 1.47 bits per heavy atom. The second-order valence-corrected chi connectivity index (χ2v) is 4.03. The first-order valence-electron chi connectivity index (χ1n) is 5.65. The van der Waals surface area contributed by atoms with Crippen LogP contribution in [0.5, 0.6) is 5.75 Å². The van der Waals surface area contributed by atoms with Crippen LogP contribution in [0.3, 0.4) is 0 Å². The Balaban J connectivity index is 3.13. The zero-order chi connectivity index (χ0) is 13.0. The third kappa shape index (κ3) is 2.96. The Labute approximate surface area is 101 Å². The van der Waals surface area contributed by atoms with Gasteiger partial charge in [0, 0.05) is 12.6 Å². The standard InChI is InChI=1S/C13H18FNO2/c1-5-15(9(2)3)13(16)11-8-10(14)6-7-12(11)17-4/h6-9H,5H2,1-4H3/i1+1,2+1,5+1,9+1. The summed E-state index contributed by atoms with van der Waals surface area (Å²) in [5.41, 5.74) is 0.267. The van der Waals surface area contributed by atoms with Crippen molar-refractivity contribution in [1.82, 2.24) is 4.90 Å². The fourth-order valence-electron chi connectivity index (χ4n) is 1.75. The molecule has 0 heterocycles. The van der Waals surface area contributed by atoms with Gasteiger partial charge >= 0.3 is 0 Å². The summed E-state index contributed by atoms with van der Waals surface area (Å²) >= 11 is 0. The van der Waals surface area contributed by atoms with E-state index in [2.05, 4.69) is 0 Å². The highest BCUT2D eigenvalue weighted by Gasteiger charge is 2.21. The molecule has 1 atom stereocenters. The molecule has 1 rings (SSSR count). The largest absolute Gasteiger partial charge is 0.496 e. The van der Waals surface area contributed by atoms with Gasteiger partial charge in [-0.1, -0.05) is 0 Å². The van der Waals surface area contributed by atoms with E-state index in [0.29, 0.717) is 12.3 Å². The molecule has 1 aromatic carbocycles. The lowest BCUT2D eigenvalue weighted by molar-refractivity contribution is 0.0713. The smallest absolute Gasteiger partial charge is 0.257 e. The summed E-state index contributed by atoms with van der Waals surface area (Å²) in [7, 11) is 1.47. The molecule has 94 valence electrons. The molecule has 1 aromatic rings. The Morgan fingerprint density at radius 2 is 2.12 bits per heavy atom. The van der Waals surface area contributed by atoms with Gasteiger partial charge in [0.25, 0.3) is 5.91 Å². The van der Waals surface area contributed by atoms with Crippen LogP contribution in [0.25, 0.3) is 0 Å². The zero-order valence-corrected chi connectivity index (χ0v) is 10.7. The summed E-state index contributed by atoms with van der Waals surface area (Å²) in [6, 6.07) is 4.03. The van der Waals surface area contributed by atoms with Crippen LogP contribution in [-0.2, 0) is 0 Å². The minimum atomic E-state index is -0.436. The maximum atomic E-state index is 13.2. The summed E-state index contributed by atoms with van der Waals surface area (Å²) < 4.78 is 18.3. The van der Waals surface area contributed by atoms with E-state index in [1.165, 1.54) is 25.3 Å². The van der Waals surface area contributed by atoms with Crippen molar-refractivity contribution in [3.63, 3.8) is 0 Å². The summed E-state index contributed by atoms with van der Waals surface area (Å²) in [4.78, 5) is 13.9. The van der Waals surface area contributed by atoms with Gasteiger partial charge in [-0.3, -0.25) is 4.79 Å². The van der Waals surface area contributed by atoms with Gasteiger partial charge in [-0.15, -0.1) is 0 Å². The molecule has 4 heteroatoms. The molecular weight excluding hydrogens is 225 g/mol. The highest BCUT2D eigenvalue weighted by Crippen LogP contribution is 2.21. The molecule has 0 saturated heterocycles. The predicted molar refractivity (Wildman–Crippen MR) is 64.8 cm³/mol. The van der Waals surface area contributed by atoms with Gasteiger partial charge in [0.2, 0.25) is 0 Å². The lowest BCUT2D eigenvalue weighted by Crippen LogP contribution is -2.36. The Kier molecular flexibility index (Phi) is 4.49. The van der Waals surface area contributed by atoms with Gasteiger partial charge in [-0.05, 0) is 39.0 Å². The quantitative estimate of drug-likeness (QED) is 0.761. The van der Waals surface area contributed by atoms with Crippen LogP contribution in [0.4, 0.5) is 4.39 Å². The monoisotopic (exact) mass is 243 g/mol. The van der Waals surface area contributed by atoms with Crippen LogP contribution < -0.4 is 4.74 Å². The van der Waals surface area contributed by atoms with Crippen molar-refractivity contribution in [2.24, 2.45) is 0 Å². The summed E-state index contributed by atoms with van der Waals surface area (Å²) in [6.45, 7) is 6.32. The maximum Gasteiger partial charge on any atom is 0.257 e. The molecule has 17 heavy (non-hydrogen) atoms. The van der Waals surface area contributed by atoms with E-state index >= 15 is 0 Å². The highest BCUT2D eigenvalue weighted by molar-refractivity contribution is 5.97. The number of halogens is 1. The molecular formula is C13H18FNO2. The van der Waals surface area contributed by atoms with Gasteiger partial charge in [0.15, 0.2) is 0 Å². The Morgan fingerprint density at radius 3 is 2.59 bits per heavy atom. The molecule has 3 nitrogen and oxygen atoms in total. The van der Waals surface area contributed by atoms with Crippen molar-refractivity contribution in [2.45, 2.75) is 26.8 Å². The Bertz CT molecular complexity index is 404. The van der Waals surface area contributed by atoms with E-state index in [4.69, 9.17) is 4.74 Å². The number of carbonyl (C=O) groups is 1. The number of hydrogen-bond acceptors (Lipinski definition) is 2. The van der Waals surface area contributed by atoms with Crippen LogP contribution >= 0.6 is 0 Å². The van der Waals surface area contributed by atoms with E-state index in [0.717, 1.165) is 0 Å². The Hall–Kier alpha value is -1.58. The highest BCUT2D eigenvalue weighted by atomic mass is 19.1. The van der Waals surface area contributed by atoms with E-state index < -0.39 is 5.82 Å².